The third-order valence-corrected chi connectivity index (χ3v) is 4.57. The Morgan fingerprint density at radius 3 is 2.75 bits per heavy atom. The largest absolute Gasteiger partial charge is 0.493 e. The van der Waals surface area contributed by atoms with E-state index < -0.39 is 11.7 Å². The van der Waals surface area contributed by atoms with Crippen molar-refractivity contribution in [3.8, 4) is 5.75 Å². The molecule has 3 rings (SSSR count). The standard InChI is InChI=1S/C20H22F3N3O2/c1-2-28-17-8-4-3-7-16(17)19(27)26-11-5-6-15(13-26)25-18-10-9-14(12-24-18)20(21,22)23/h3-4,7-10,12,15H,2,5-6,11,13H2,1H3,(H,24,25). The summed E-state index contributed by atoms with van der Waals surface area (Å²) in [5.74, 6) is 0.799. The van der Waals surface area contributed by atoms with Gasteiger partial charge in [0.1, 0.15) is 11.6 Å². The molecule has 1 fully saturated rings. The molecule has 5 nitrogen and oxygen atoms in total. The minimum absolute atomic E-state index is 0.0822. The molecule has 1 atom stereocenters. The van der Waals surface area contributed by atoms with Crippen LogP contribution in [0.25, 0.3) is 0 Å². The van der Waals surface area contributed by atoms with Crippen LogP contribution in [0.1, 0.15) is 35.7 Å². The van der Waals surface area contributed by atoms with Gasteiger partial charge in [-0.1, -0.05) is 12.1 Å². The first-order valence-corrected chi connectivity index (χ1v) is 9.19. The number of para-hydroxylation sites is 1. The Morgan fingerprint density at radius 1 is 1.29 bits per heavy atom. The number of carbonyl (C=O) groups is 1. The molecule has 0 bridgehead atoms. The first-order chi connectivity index (χ1) is 13.4. The van der Waals surface area contributed by atoms with Crippen LogP contribution in [-0.4, -0.2) is 41.5 Å². The quantitative estimate of drug-likeness (QED) is 0.827. The molecule has 150 valence electrons. The Kier molecular flexibility index (Phi) is 6.06. The van der Waals surface area contributed by atoms with Crippen molar-refractivity contribution in [3.63, 3.8) is 0 Å². The lowest BCUT2D eigenvalue weighted by Crippen LogP contribution is -2.45. The summed E-state index contributed by atoms with van der Waals surface area (Å²) in [4.78, 5) is 18.5. The van der Waals surface area contributed by atoms with E-state index in [1.54, 1.807) is 23.1 Å². The molecule has 0 radical (unpaired) electrons. The van der Waals surface area contributed by atoms with Crippen LogP contribution in [0.2, 0.25) is 0 Å². The van der Waals surface area contributed by atoms with Gasteiger partial charge < -0.3 is 15.0 Å². The average molecular weight is 393 g/mol. The topological polar surface area (TPSA) is 54.5 Å². The van der Waals surface area contributed by atoms with Crippen molar-refractivity contribution >= 4 is 11.7 Å². The van der Waals surface area contributed by atoms with E-state index in [0.29, 0.717) is 36.8 Å². The zero-order chi connectivity index (χ0) is 20.1. The predicted molar refractivity (Wildman–Crippen MR) is 99.4 cm³/mol. The van der Waals surface area contributed by atoms with Crippen LogP contribution in [-0.2, 0) is 6.18 Å². The molecule has 8 heteroatoms. The van der Waals surface area contributed by atoms with Gasteiger partial charge in [-0.2, -0.15) is 13.2 Å². The van der Waals surface area contributed by atoms with Gasteiger partial charge in [-0.3, -0.25) is 4.79 Å². The molecule has 1 aliphatic rings. The number of alkyl halides is 3. The summed E-state index contributed by atoms with van der Waals surface area (Å²) in [5.41, 5.74) is -0.274. The number of hydrogen-bond donors (Lipinski definition) is 1. The summed E-state index contributed by atoms with van der Waals surface area (Å²) in [6.07, 6.45) is -2.00. The van der Waals surface area contributed by atoms with E-state index in [1.165, 1.54) is 6.07 Å². The number of halogens is 3. The fraction of sp³-hybridized carbons (Fsp3) is 0.400. The summed E-state index contributed by atoms with van der Waals surface area (Å²) in [7, 11) is 0. The average Bonchev–Trinajstić information content (AvgIpc) is 2.68. The monoisotopic (exact) mass is 393 g/mol. The van der Waals surface area contributed by atoms with Crippen molar-refractivity contribution in [3.05, 3.63) is 53.7 Å². The predicted octanol–water partition coefficient (Wildman–Crippen LogP) is 4.22. The van der Waals surface area contributed by atoms with Crippen LogP contribution in [0.3, 0.4) is 0 Å². The van der Waals surface area contributed by atoms with E-state index in [4.69, 9.17) is 4.74 Å². The summed E-state index contributed by atoms with van der Waals surface area (Å²) in [6, 6.07) is 9.35. The van der Waals surface area contributed by atoms with E-state index in [0.717, 1.165) is 25.1 Å². The van der Waals surface area contributed by atoms with Gasteiger partial charge in [-0.15, -0.1) is 0 Å². The molecule has 1 saturated heterocycles. The third-order valence-electron chi connectivity index (χ3n) is 4.57. The van der Waals surface area contributed by atoms with Crippen LogP contribution in [0.15, 0.2) is 42.6 Å². The maximum atomic E-state index is 12.9. The van der Waals surface area contributed by atoms with Crippen molar-refractivity contribution in [1.82, 2.24) is 9.88 Å². The maximum Gasteiger partial charge on any atom is 0.417 e. The number of anilines is 1. The molecule has 1 aliphatic heterocycles. The first kappa shape index (κ1) is 20.0. The fourth-order valence-electron chi connectivity index (χ4n) is 3.23. The van der Waals surface area contributed by atoms with Gasteiger partial charge >= 0.3 is 6.18 Å². The van der Waals surface area contributed by atoms with E-state index in [-0.39, 0.29) is 11.9 Å². The second-order valence-electron chi connectivity index (χ2n) is 6.59. The van der Waals surface area contributed by atoms with Gasteiger partial charge in [0, 0.05) is 25.3 Å². The highest BCUT2D eigenvalue weighted by atomic mass is 19.4. The number of aromatic nitrogens is 1. The molecule has 28 heavy (non-hydrogen) atoms. The third kappa shape index (κ3) is 4.74. The van der Waals surface area contributed by atoms with Crippen molar-refractivity contribution in [2.75, 3.05) is 25.0 Å². The number of rotatable bonds is 5. The summed E-state index contributed by atoms with van der Waals surface area (Å²) < 4.78 is 43.5. The molecule has 1 amide bonds. The van der Waals surface area contributed by atoms with Crippen molar-refractivity contribution in [1.29, 1.82) is 0 Å². The number of piperidine rings is 1. The van der Waals surface area contributed by atoms with Crippen LogP contribution in [0.4, 0.5) is 19.0 Å². The van der Waals surface area contributed by atoms with Crippen LogP contribution in [0.5, 0.6) is 5.75 Å². The lowest BCUT2D eigenvalue weighted by atomic mass is 10.0. The zero-order valence-corrected chi connectivity index (χ0v) is 15.5. The summed E-state index contributed by atoms with van der Waals surface area (Å²) >= 11 is 0. The van der Waals surface area contributed by atoms with Gasteiger partial charge in [-0.05, 0) is 44.0 Å². The van der Waals surface area contributed by atoms with E-state index in [1.807, 2.05) is 13.0 Å². The van der Waals surface area contributed by atoms with Crippen LogP contribution >= 0.6 is 0 Å². The number of nitrogens with zero attached hydrogens (tertiary/aromatic N) is 2. The highest BCUT2D eigenvalue weighted by Gasteiger charge is 2.31. The smallest absolute Gasteiger partial charge is 0.417 e. The maximum absolute atomic E-state index is 12.9. The number of pyridine rings is 1. The molecule has 1 aromatic heterocycles. The first-order valence-electron chi connectivity index (χ1n) is 9.19. The Balaban J connectivity index is 1.66. The Morgan fingerprint density at radius 2 is 2.07 bits per heavy atom. The van der Waals surface area contributed by atoms with E-state index in [9.17, 15) is 18.0 Å². The minimum atomic E-state index is -4.41. The number of hydrogen-bond acceptors (Lipinski definition) is 4. The Labute approximate surface area is 161 Å². The second-order valence-corrected chi connectivity index (χ2v) is 6.59. The zero-order valence-electron chi connectivity index (χ0n) is 15.5. The van der Waals surface area contributed by atoms with Gasteiger partial charge in [0.25, 0.3) is 5.91 Å². The SMILES string of the molecule is CCOc1ccccc1C(=O)N1CCCC(Nc2ccc(C(F)(F)F)cn2)C1. The second kappa shape index (κ2) is 8.50. The van der Waals surface area contributed by atoms with Crippen molar-refractivity contribution in [2.45, 2.75) is 32.0 Å². The normalized spacial score (nSPS) is 17.3. The Bertz CT molecular complexity index is 809. The molecule has 0 spiro atoms. The lowest BCUT2D eigenvalue weighted by Gasteiger charge is -2.33. The molecule has 2 heterocycles. The van der Waals surface area contributed by atoms with Crippen LogP contribution in [0, 0.1) is 0 Å². The fourth-order valence-corrected chi connectivity index (χ4v) is 3.23. The number of nitrogens with one attached hydrogen (secondary N) is 1. The highest BCUT2D eigenvalue weighted by molar-refractivity contribution is 5.97. The lowest BCUT2D eigenvalue weighted by molar-refractivity contribution is -0.137. The van der Waals surface area contributed by atoms with Gasteiger partial charge in [-0.25, -0.2) is 4.98 Å². The molecule has 2 aromatic rings. The molecule has 1 N–H and O–H groups in total. The van der Waals surface area contributed by atoms with Crippen molar-refractivity contribution in [2.24, 2.45) is 0 Å². The minimum Gasteiger partial charge on any atom is -0.493 e. The van der Waals surface area contributed by atoms with E-state index >= 15 is 0 Å². The van der Waals surface area contributed by atoms with Crippen molar-refractivity contribution < 1.29 is 22.7 Å². The number of ether oxygens (including phenoxy) is 1. The summed E-state index contributed by atoms with van der Waals surface area (Å²) in [5, 5.41) is 3.13. The van der Waals surface area contributed by atoms with E-state index in [2.05, 4.69) is 10.3 Å². The van der Waals surface area contributed by atoms with Gasteiger partial charge in [0.2, 0.25) is 0 Å². The number of amides is 1. The molecule has 0 aliphatic carbocycles. The molecule has 1 unspecified atom stereocenters. The molecular weight excluding hydrogens is 371 g/mol. The van der Waals surface area contributed by atoms with Gasteiger partial charge in [0.05, 0.1) is 17.7 Å². The number of likely N-dealkylation sites (tertiary alicyclic amines) is 1. The van der Waals surface area contributed by atoms with Crippen LogP contribution < -0.4 is 10.1 Å². The highest BCUT2D eigenvalue weighted by Crippen LogP contribution is 2.29. The summed E-state index contributed by atoms with van der Waals surface area (Å²) in [6.45, 7) is 3.40. The number of benzene rings is 1. The molecule has 1 aromatic carbocycles. The van der Waals surface area contributed by atoms with Gasteiger partial charge in [0.15, 0.2) is 0 Å². The number of carbonyl (C=O) groups excluding carboxylic acids is 1. The molecule has 0 saturated carbocycles. The Hall–Kier alpha value is -2.77. The molecular formula is C20H22F3N3O2.